The molecule has 0 spiro atoms. The molecule has 0 bridgehead atoms. The van der Waals surface area contributed by atoms with E-state index < -0.39 is 0 Å². The molecule has 0 aliphatic rings. The van der Waals surface area contributed by atoms with Crippen LogP contribution in [0.2, 0.25) is 0 Å². The van der Waals surface area contributed by atoms with E-state index in [1.807, 2.05) is 4.57 Å². The number of amides is 1. The number of hydrogen-bond donors (Lipinski definition) is 2. The molecule has 10 heteroatoms. The number of rotatable bonds is 9. The monoisotopic (exact) mass is 362 g/mol. The van der Waals surface area contributed by atoms with Crippen LogP contribution in [0.5, 0.6) is 0 Å². The Morgan fingerprint density at radius 2 is 2.40 bits per heavy atom. The zero-order chi connectivity index (χ0) is 17.5. The molecule has 3 aromatic heterocycles. The van der Waals surface area contributed by atoms with Gasteiger partial charge in [0.1, 0.15) is 12.1 Å². The van der Waals surface area contributed by atoms with Crippen LogP contribution in [0.4, 0.5) is 0 Å². The van der Waals surface area contributed by atoms with Gasteiger partial charge in [-0.2, -0.15) is 5.10 Å². The molecule has 25 heavy (non-hydrogen) atoms. The van der Waals surface area contributed by atoms with Crippen molar-refractivity contribution in [3.05, 3.63) is 48.2 Å². The van der Waals surface area contributed by atoms with Gasteiger partial charge in [-0.3, -0.25) is 9.89 Å². The van der Waals surface area contributed by atoms with Crippen LogP contribution in [0.25, 0.3) is 0 Å². The van der Waals surface area contributed by atoms with Crippen LogP contribution in [0.3, 0.4) is 0 Å². The molecule has 0 saturated heterocycles. The van der Waals surface area contributed by atoms with Crippen molar-refractivity contribution in [3.63, 3.8) is 0 Å². The molecule has 0 aliphatic carbocycles. The van der Waals surface area contributed by atoms with Crippen LogP contribution in [-0.2, 0) is 23.6 Å². The Kier molecular flexibility index (Phi) is 5.86. The predicted octanol–water partition coefficient (Wildman–Crippen LogP) is 1.46. The Balaban J connectivity index is 1.51. The summed E-state index contributed by atoms with van der Waals surface area (Å²) in [5, 5.41) is 10.1. The molecule has 9 nitrogen and oxygen atoms in total. The van der Waals surface area contributed by atoms with Gasteiger partial charge in [0, 0.05) is 19.9 Å². The number of carbonyl (C=O) groups excluding carboxylic acids is 1. The zero-order valence-corrected chi connectivity index (χ0v) is 14.5. The number of imidazole rings is 1. The normalized spacial score (nSPS) is 10.9. The number of ether oxygens (including phenoxy) is 1. The van der Waals surface area contributed by atoms with E-state index in [1.54, 1.807) is 31.8 Å². The molecule has 0 atom stereocenters. The maximum absolute atomic E-state index is 12.2. The number of nitrogens with one attached hydrogen (secondary N) is 2. The molecule has 1 amide bonds. The Hall–Kier alpha value is -2.59. The minimum atomic E-state index is -0.268. The van der Waals surface area contributed by atoms with Crippen LogP contribution in [0.1, 0.15) is 22.0 Å². The first-order valence-corrected chi connectivity index (χ1v) is 8.58. The Morgan fingerprint density at radius 1 is 1.48 bits per heavy atom. The highest BCUT2D eigenvalue weighted by atomic mass is 32.2. The van der Waals surface area contributed by atoms with Crippen molar-refractivity contribution < 1.29 is 13.9 Å². The molecule has 0 radical (unpaired) electrons. The Labute approximate surface area is 148 Å². The first kappa shape index (κ1) is 17.2. The van der Waals surface area contributed by atoms with E-state index in [0.717, 1.165) is 5.69 Å². The van der Waals surface area contributed by atoms with Crippen LogP contribution < -0.4 is 5.32 Å². The lowest BCUT2D eigenvalue weighted by Crippen LogP contribution is -2.24. The SMILES string of the molecule is COCCn1cncc1CNC(=O)c1ccc(CSc2ncn[nH]2)o1. The van der Waals surface area contributed by atoms with E-state index in [0.29, 0.717) is 36.4 Å². The standard InChI is InChI=1S/C15H18N6O3S/c1-23-5-4-21-10-16-6-11(21)7-17-14(22)13-3-2-12(24-13)8-25-15-18-9-19-20-15/h2-3,6,9-10H,4-5,7-8H2,1H3,(H,17,22)(H,18,19,20). The molecular weight excluding hydrogens is 344 g/mol. The fourth-order valence-electron chi connectivity index (χ4n) is 2.13. The van der Waals surface area contributed by atoms with Crippen molar-refractivity contribution in [2.24, 2.45) is 0 Å². The van der Waals surface area contributed by atoms with Gasteiger partial charge in [-0.1, -0.05) is 11.8 Å². The molecule has 3 aromatic rings. The Morgan fingerprint density at radius 3 is 3.20 bits per heavy atom. The van der Waals surface area contributed by atoms with Gasteiger partial charge in [-0.15, -0.1) is 0 Å². The van der Waals surface area contributed by atoms with Crippen molar-refractivity contribution in [1.29, 1.82) is 0 Å². The third-order valence-electron chi connectivity index (χ3n) is 3.39. The summed E-state index contributed by atoms with van der Waals surface area (Å²) in [6, 6.07) is 3.44. The summed E-state index contributed by atoms with van der Waals surface area (Å²) in [6.07, 6.45) is 4.88. The second-order valence-corrected chi connectivity index (χ2v) is 6.06. The molecule has 3 rings (SSSR count). The molecule has 0 saturated carbocycles. The van der Waals surface area contributed by atoms with E-state index in [4.69, 9.17) is 9.15 Å². The van der Waals surface area contributed by atoms with E-state index in [1.165, 1.54) is 18.1 Å². The second-order valence-electron chi connectivity index (χ2n) is 5.10. The van der Waals surface area contributed by atoms with Gasteiger partial charge in [0.25, 0.3) is 5.91 Å². The first-order valence-electron chi connectivity index (χ1n) is 7.59. The largest absolute Gasteiger partial charge is 0.455 e. The van der Waals surface area contributed by atoms with E-state index in [9.17, 15) is 4.79 Å². The van der Waals surface area contributed by atoms with Gasteiger partial charge in [0.2, 0.25) is 0 Å². The summed E-state index contributed by atoms with van der Waals surface area (Å²) >= 11 is 1.45. The second kappa shape index (κ2) is 8.49. The van der Waals surface area contributed by atoms with Crippen molar-refractivity contribution in [1.82, 2.24) is 30.0 Å². The number of methoxy groups -OCH3 is 1. The number of furan rings is 1. The molecule has 0 aromatic carbocycles. The molecule has 0 aliphatic heterocycles. The van der Waals surface area contributed by atoms with Crippen LogP contribution in [0, 0.1) is 0 Å². The smallest absolute Gasteiger partial charge is 0.287 e. The topological polar surface area (TPSA) is 111 Å². The lowest BCUT2D eigenvalue weighted by molar-refractivity contribution is 0.0920. The lowest BCUT2D eigenvalue weighted by atomic mass is 10.4. The highest BCUT2D eigenvalue weighted by Crippen LogP contribution is 2.20. The third kappa shape index (κ3) is 4.70. The molecule has 0 fully saturated rings. The minimum absolute atomic E-state index is 0.268. The molecular formula is C15H18N6O3S. The average Bonchev–Trinajstić information content (AvgIpc) is 3.37. The number of aromatic amines is 1. The summed E-state index contributed by atoms with van der Waals surface area (Å²) in [7, 11) is 1.65. The van der Waals surface area contributed by atoms with Crippen molar-refractivity contribution in [2.45, 2.75) is 24.0 Å². The van der Waals surface area contributed by atoms with Gasteiger partial charge in [-0.25, -0.2) is 9.97 Å². The van der Waals surface area contributed by atoms with Crippen molar-refractivity contribution in [2.75, 3.05) is 13.7 Å². The number of hydrogen-bond acceptors (Lipinski definition) is 7. The lowest BCUT2D eigenvalue weighted by Gasteiger charge is -2.08. The summed E-state index contributed by atoms with van der Waals surface area (Å²) < 4.78 is 12.6. The number of H-pyrrole nitrogens is 1. The maximum Gasteiger partial charge on any atom is 0.287 e. The van der Waals surface area contributed by atoms with Gasteiger partial charge in [-0.05, 0) is 12.1 Å². The fraction of sp³-hybridized carbons (Fsp3) is 0.333. The predicted molar refractivity (Wildman–Crippen MR) is 89.9 cm³/mol. The van der Waals surface area contributed by atoms with E-state index in [2.05, 4.69) is 25.5 Å². The molecule has 132 valence electrons. The number of aromatic nitrogens is 5. The van der Waals surface area contributed by atoms with Gasteiger partial charge in [0.15, 0.2) is 10.9 Å². The van der Waals surface area contributed by atoms with Crippen LogP contribution in [0.15, 0.2) is 40.6 Å². The number of nitrogens with zero attached hydrogens (tertiary/aromatic N) is 4. The summed E-state index contributed by atoms with van der Waals surface area (Å²) in [5.41, 5.74) is 0.901. The molecule has 2 N–H and O–H groups in total. The van der Waals surface area contributed by atoms with Gasteiger partial charge in [0.05, 0.1) is 30.9 Å². The number of carbonyl (C=O) groups is 1. The van der Waals surface area contributed by atoms with Crippen LogP contribution >= 0.6 is 11.8 Å². The highest BCUT2D eigenvalue weighted by molar-refractivity contribution is 7.98. The van der Waals surface area contributed by atoms with Gasteiger partial charge < -0.3 is 19.0 Å². The van der Waals surface area contributed by atoms with Crippen molar-refractivity contribution >= 4 is 17.7 Å². The number of thioether (sulfide) groups is 1. The minimum Gasteiger partial charge on any atom is -0.455 e. The maximum atomic E-state index is 12.2. The van der Waals surface area contributed by atoms with E-state index >= 15 is 0 Å². The highest BCUT2D eigenvalue weighted by Gasteiger charge is 2.12. The zero-order valence-electron chi connectivity index (χ0n) is 13.6. The summed E-state index contributed by atoms with van der Waals surface area (Å²) in [5.74, 6) is 1.26. The summed E-state index contributed by atoms with van der Waals surface area (Å²) in [6.45, 7) is 1.64. The van der Waals surface area contributed by atoms with Gasteiger partial charge >= 0.3 is 0 Å². The van der Waals surface area contributed by atoms with E-state index in [-0.39, 0.29) is 11.7 Å². The Bertz CT molecular complexity index is 798. The van der Waals surface area contributed by atoms with Crippen LogP contribution in [-0.4, -0.2) is 44.4 Å². The third-order valence-corrected chi connectivity index (χ3v) is 4.29. The average molecular weight is 362 g/mol. The quantitative estimate of drug-likeness (QED) is 0.554. The molecule has 3 heterocycles. The first-order chi connectivity index (χ1) is 12.3. The van der Waals surface area contributed by atoms with Crippen molar-refractivity contribution in [3.8, 4) is 0 Å². The fourth-order valence-corrected chi connectivity index (χ4v) is 2.80. The summed E-state index contributed by atoms with van der Waals surface area (Å²) in [4.78, 5) is 20.3. The molecule has 0 unspecified atom stereocenters.